The number of likely N-dealkylation sites (N-methyl/N-ethyl adjacent to an activating group) is 1. The number of amides is 2. The highest BCUT2D eigenvalue weighted by molar-refractivity contribution is 5.96. The lowest BCUT2D eigenvalue weighted by molar-refractivity contribution is -0.122. The van der Waals surface area contributed by atoms with Crippen molar-refractivity contribution >= 4 is 23.2 Å². The fourth-order valence-electron chi connectivity index (χ4n) is 2.60. The minimum absolute atomic E-state index is 0.111. The van der Waals surface area contributed by atoms with Gasteiger partial charge >= 0.3 is 0 Å². The molecule has 0 aromatic heterocycles. The number of halogens is 3. The molecule has 2 N–H and O–H groups in total. The second kappa shape index (κ2) is 8.39. The number of hydrogen-bond donors (Lipinski definition) is 2. The van der Waals surface area contributed by atoms with Gasteiger partial charge in [-0.25, -0.2) is 13.2 Å². The molecule has 0 fully saturated rings. The van der Waals surface area contributed by atoms with Gasteiger partial charge in [-0.05, 0) is 38.2 Å². The van der Waals surface area contributed by atoms with Crippen molar-refractivity contribution in [2.45, 2.75) is 13.0 Å². The summed E-state index contributed by atoms with van der Waals surface area (Å²) < 4.78 is 50.3. The third-order valence-corrected chi connectivity index (χ3v) is 4.38. The molecule has 3 rings (SSSR count). The molecule has 7 nitrogen and oxygen atoms in total. The van der Waals surface area contributed by atoms with Gasteiger partial charge in [-0.2, -0.15) is 0 Å². The van der Waals surface area contributed by atoms with Gasteiger partial charge in [-0.1, -0.05) is 0 Å². The Labute approximate surface area is 164 Å². The van der Waals surface area contributed by atoms with Crippen LogP contribution in [0.5, 0.6) is 11.5 Å². The van der Waals surface area contributed by atoms with Crippen molar-refractivity contribution in [1.82, 2.24) is 4.90 Å². The average molecular weight is 409 g/mol. The van der Waals surface area contributed by atoms with E-state index in [9.17, 15) is 22.8 Å². The van der Waals surface area contributed by atoms with Crippen LogP contribution in [0.3, 0.4) is 0 Å². The Balaban J connectivity index is 1.56. The van der Waals surface area contributed by atoms with Gasteiger partial charge < -0.3 is 20.1 Å². The number of benzene rings is 2. The molecular weight excluding hydrogens is 391 g/mol. The molecular formula is C19H18F3N3O4. The second-order valence-electron chi connectivity index (χ2n) is 6.42. The van der Waals surface area contributed by atoms with Gasteiger partial charge in [0.15, 0.2) is 29.0 Å². The summed E-state index contributed by atoms with van der Waals surface area (Å²) >= 11 is 0. The van der Waals surface area contributed by atoms with Crippen molar-refractivity contribution in [3.63, 3.8) is 0 Å². The molecule has 1 aliphatic rings. The van der Waals surface area contributed by atoms with E-state index in [1.807, 2.05) is 0 Å². The molecule has 1 atom stereocenters. The third-order valence-electron chi connectivity index (χ3n) is 4.38. The van der Waals surface area contributed by atoms with Crippen molar-refractivity contribution in [2.24, 2.45) is 0 Å². The number of ether oxygens (including phenoxy) is 2. The summed E-state index contributed by atoms with van der Waals surface area (Å²) in [5, 5.41) is 4.86. The van der Waals surface area contributed by atoms with Crippen molar-refractivity contribution in [3.05, 3.63) is 47.8 Å². The van der Waals surface area contributed by atoms with Gasteiger partial charge in [0.05, 0.1) is 18.3 Å². The van der Waals surface area contributed by atoms with E-state index in [2.05, 4.69) is 10.6 Å². The first-order valence-corrected chi connectivity index (χ1v) is 8.60. The number of nitrogens with zero attached hydrogens (tertiary/aromatic N) is 1. The van der Waals surface area contributed by atoms with Crippen LogP contribution < -0.4 is 20.1 Å². The quantitative estimate of drug-likeness (QED) is 0.718. The number of carbonyl (C=O) groups excluding carboxylic acids is 2. The number of hydrogen-bond acceptors (Lipinski definition) is 5. The maximum atomic E-state index is 13.7. The molecule has 0 saturated carbocycles. The first-order chi connectivity index (χ1) is 13.8. The maximum absolute atomic E-state index is 13.7. The summed E-state index contributed by atoms with van der Waals surface area (Å²) in [6.07, 6.45) is 0. The molecule has 0 bridgehead atoms. The van der Waals surface area contributed by atoms with E-state index >= 15 is 0 Å². The lowest BCUT2D eigenvalue weighted by Crippen LogP contribution is -2.43. The van der Waals surface area contributed by atoms with Crippen LogP contribution in [-0.2, 0) is 9.59 Å². The van der Waals surface area contributed by atoms with Crippen molar-refractivity contribution in [2.75, 3.05) is 31.0 Å². The summed E-state index contributed by atoms with van der Waals surface area (Å²) in [6.45, 7) is 1.40. The molecule has 0 radical (unpaired) electrons. The lowest BCUT2D eigenvalue weighted by atomic mass is 10.2. The minimum Gasteiger partial charge on any atom is -0.454 e. The highest BCUT2D eigenvalue weighted by Crippen LogP contribution is 2.34. The Hall–Kier alpha value is -3.27. The van der Waals surface area contributed by atoms with Crippen LogP contribution >= 0.6 is 0 Å². The number of fused-ring (bicyclic) bond motifs is 1. The maximum Gasteiger partial charge on any atom is 0.241 e. The summed E-state index contributed by atoms with van der Waals surface area (Å²) in [6, 6.07) is 5.83. The SMILES string of the molecule is C[C@H](C(=O)Nc1ccc2c(c1)OCO2)N(C)CC(=O)Nc1ccc(F)c(F)c1F. The van der Waals surface area contributed by atoms with Crippen LogP contribution in [0.2, 0.25) is 0 Å². The van der Waals surface area contributed by atoms with Crippen LogP contribution in [0.4, 0.5) is 24.5 Å². The van der Waals surface area contributed by atoms with Gasteiger partial charge in [0.1, 0.15) is 0 Å². The minimum atomic E-state index is -1.67. The fraction of sp³-hybridized carbons (Fsp3) is 0.263. The zero-order valence-electron chi connectivity index (χ0n) is 15.6. The van der Waals surface area contributed by atoms with Gasteiger partial charge in [0.2, 0.25) is 18.6 Å². The van der Waals surface area contributed by atoms with E-state index in [1.54, 1.807) is 25.1 Å². The topological polar surface area (TPSA) is 79.9 Å². The number of nitrogens with one attached hydrogen (secondary N) is 2. The van der Waals surface area contributed by atoms with E-state index in [-0.39, 0.29) is 13.3 Å². The smallest absolute Gasteiger partial charge is 0.241 e. The molecule has 154 valence electrons. The predicted octanol–water partition coefficient (Wildman–Crippen LogP) is 2.73. The second-order valence-corrected chi connectivity index (χ2v) is 6.42. The van der Waals surface area contributed by atoms with Gasteiger partial charge in [-0.15, -0.1) is 0 Å². The van der Waals surface area contributed by atoms with Crippen molar-refractivity contribution < 1.29 is 32.2 Å². The zero-order valence-corrected chi connectivity index (χ0v) is 15.6. The number of anilines is 2. The van der Waals surface area contributed by atoms with Crippen LogP contribution in [0.25, 0.3) is 0 Å². The molecule has 29 heavy (non-hydrogen) atoms. The highest BCUT2D eigenvalue weighted by atomic mass is 19.2. The largest absolute Gasteiger partial charge is 0.454 e. The van der Waals surface area contributed by atoms with Gasteiger partial charge in [-0.3, -0.25) is 14.5 Å². The van der Waals surface area contributed by atoms with Crippen LogP contribution in [0.1, 0.15) is 6.92 Å². The van der Waals surface area contributed by atoms with Crippen molar-refractivity contribution in [3.8, 4) is 11.5 Å². The van der Waals surface area contributed by atoms with Gasteiger partial charge in [0.25, 0.3) is 0 Å². The standard InChI is InChI=1S/C19H18F3N3O4/c1-10(19(27)23-11-3-6-14-15(7-11)29-9-28-14)25(2)8-16(26)24-13-5-4-12(20)17(21)18(13)22/h3-7,10H,8-9H2,1-2H3,(H,23,27)(H,24,26)/t10-/m1/s1. The molecule has 0 aliphatic carbocycles. The Kier molecular flexibility index (Phi) is 5.92. The summed E-state index contributed by atoms with van der Waals surface area (Å²) in [5.41, 5.74) is 0.00701. The first kappa shape index (κ1) is 20.5. The lowest BCUT2D eigenvalue weighted by Gasteiger charge is -2.23. The number of carbonyl (C=O) groups is 2. The molecule has 1 aliphatic heterocycles. The molecule has 0 saturated heterocycles. The van der Waals surface area contributed by atoms with E-state index in [1.165, 1.54) is 11.9 Å². The summed E-state index contributed by atoms with van der Waals surface area (Å²) in [5.74, 6) is -4.52. The van der Waals surface area contributed by atoms with Gasteiger partial charge in [0, 0.05) is 11.8 Å². The number of rotatable bonds is 6. The van der Waals surface area contributed by atoms with Crippen LogP contribution in [0.15, 0.2) is 30.3 Å². The van der Waals surface area contributed by atoms with Crippen molar-refractivity contribution in [1.29, 1.82) is 0 Å². The predicted molar refractivity (Wildman–Crippen MR) is 98.2 cm³/mol. The molecule has 2 aromatic rings. The summed E-state index contributed by atoms with van der Waals surface area (Å²) in [7, 11) is 1.52. The molecule has 10 heteroatoms. The van der Waals surface area contributed by atoms with Crippen LogP contribution in [-0.4, -0.2) is 43.1 Å². The van der Waals surface area contributed by atoms with E-state index in [4.69, 9.17) is 9.47 Å². The fourth-order valence-corrected chi connectivity index (χ4v) is 2.60. The molecule has 1 heterocycles. The molecule has 2 aromatic carbocycles. The zero-order chi connectivity index (χ0) is 21.1. The van der Waals surface area contributed by atoms with E-state index < -0.39 is 41.0 Å². The highest BCUT2D eigenvalue weighted by Gasteiger charge is 2.22. The Morgan fingerprint density at radius 3 is 2.55 bits per heavy atom. The first-order valence-electron chi connectivity index (χ1n) is 8.60. The Bertz CT molecular complexity index is 955. The average Bonchev–Trinajstić information content (AvgIpc) is 3.15. The van der Waals surface area contributed by atoms with E-state index in [0.29, 0.717) is 23.3 Å². The Morgan fingerprint density at radius 2 is 1.79 bits per heavy atom. The summed E-state index contributed by atoms with van der Waals surface area (Å²) in [4.78, 5) is 25.9. The normalized spacial score (nSPS) is 13.3. The molecule has 0 spiro atoms. The monoisotopic (exact) mass is 409 g/mol. The van der Waals surface area contributed by atoms with E-state index in [0.717, 1.165) is 6.07 Å². The molecule has 0 unspecified atom stereocenters. The molecule has 2 amide bonds. The Morgan fingerprint density at radius 1 is 1.07 bits per heavy atom. The van der Waals surface area contributed by atoms with Crippen LogP contribution in [0, 0.1) is 17.5 Å². The third kappa shape index (κ3) is 4.60.